The lowest BCUT2D eigenvalue weighted by Crippen LogP contribution is -2.26. The number of benzene rings is 1. The number of rotatable bonds is 3. The molecular formula is C12H13BrCl2O. The lowest BCUT2D eigenvalue weighted by Gasteiger charge is -2.25. The van der Waals surface area contributed by atoms with Crippen molar-refractivity contribution in [3.8, 4) is 0 Å². The molecular weight excluding hydrogens is 311 g/mol. The standard InChI is InChI=1S/C12H13BrCl2O/c13-7-12(4-5-16-8-12)6-9-10(14)2-1-3-11(9)15/h1-3H,4-8H2. The number of hydrogen-bond acceptors (Lipinski definition) is 1. The monoisotopic (exact) mass is 322 g/mol. The zero-order valence-electron chi connectivity index (χ0n) is 8.81. The van der Waals surface area contributed by atoms with Gasteiger partial charge in [0, 0.05) is 27.4 Å². The Morgan fingerprint density at radius 2 is 2.00 bits per heavy atom. The van der Waals surface area contributed by atoms with Crippen molar-refractivity contribution in [3.05, 3.63) is 33.8 Å². The van der Waals surface area contributed by atoms with E-state index in [9.17, 15) is 0 Å². The van der Waals surface area contributed by atoms with Crippen molar-refractivity contribution in [3.63, 3.8) is 0 Å². The van der Waals surface area contributed by atoms with Crippen LogP contribution in [0.2, 0.25) is 10.0 Å². The smallest absolute Gasteiger partial charge is 0.0534 e. The third kappa shape index (κ3) is 2.56. The average molecular weight is 324 g/mol. The van der Waals surface area contributed by atoms with Crippen LogP contribution in [0.25, 0.3) is 0 Å². The van der Waals surface area contributed by atoms with Gasteiger partial charge >= 0.3 is 0 Å². The Morgan fingerprint density at radius 1 is 1.31 bits per heavy atom. The topological polar surface area (TPSA) is 9.23 Å². The molecule has 0 aromatic heterocycles. The SMILES string of the molecule is Clc1cccc(Cl)c1CC1(CBr)CCOC1. The van der Waals surface area contributed by atoms with Gasteiger partial charge in [-0.25, -0.2) is 0 Å². The fraction of sp³-hybridized carbons (Fsp3) is 0.500. The van der Waals surface area contributed by atoms with E-state index in [1.165, 1.54) is 0 Å². The van der Waals surface area contributed by atoms with Crippen molar-refractivity contribution < 1.29 is 4.74 Å². The van der Waals surface area contributed by atoms with Gasteiger partial charge in [0.05, 0.1) is 6.61 Å². The summed E-state index contributed by atoms with van der Waals surface area (Å²) in [5, 5.41) is 2.42. The summed E-state index contributed by atoms with van der Waals surface area (Å²) in [4.78, 5) is 0. The van der Waals surface area contributed by atoms with Gasteiger partial charge in [0.1, 0.15) is 0 Å². The quantitative estimate of drug-likeness (QED) is 0.752. The first-order chi connectivity index (χ1) is 7.67. The molecule has 1 aromatic rings. The summed E-state index contributed by atoms with van der Waals surface area (Å²) in [7, 11) is 0. The highest BCUT2D eigenvalue weighted by Crippen LogP contribution is 2.38. The highest BCUT2D eigenvalue weighted by Gasteiger charge is 2.35. The van der Waals surface area contributed by atoms with E-state index >= 15 is 0 Å². The van der Waals surface area contributed by atoms with Gasteiger partial charge in [-0.3, -0.25) is 0 Å². The molecule has 1 aliphatic heterocycles. The van der Waals surface area contributed by atoms with E-state index in [4.69, 9.17) is 27.9 Å². The molecule has 1 nitrogen and oxygen atoms in total. The third-order valence-electron chi connectivity index (χ3n) is 3.08. The molecule has 0 radical (unpaired) electrons. The van der Waals surface area contributed by atoms with Crippen LogP contribution in [0.5, 0.6) is 0 Å². The van der Waals surface area contributed by atoms with E-state index in [1.54, 1.807) is 0 Å². The lowest BCUT2D eigenvalue weighted by atomic mass is 9.83. The Kier molecular flexibility index (Phi) is 4.17. The van der Waals surface area contributed by atoms with Crippen molar-refractivity contribution in [2.75, 3.05) is 18.5 Å². The molecule has 0 saturated carbocycles. The van der Waals surface area contributed by atoms with Crippen LogP contribution in [0.4, 0.5) is 0 Å². The molecule has 1 unspecified atom stereocenters. The second-order valence-corrected chi connectivity index (χ2v) is 5.69. The van der Waals surface area contributed by atoms with E-state index in [0.717, 1.165) is 47.0 Å². The molecule has 0 aliphatic carbocycles. The Morgan fingerprint density at radius 3 is 2.50 bits per heavy atom. The van der Waals surface area contributed by atoms with Crippen molar-refractivity contribution in [1.29, 1.82) is 0 Å². The summed E-state index contributed by atoms with van der Waals surface area (Å²) in [6.45, 7) is 1.60. The van der Waals surface area contributed by atoms with Gasteiger partial charge in [-0.2, -0.15) is 0 Å². The first kappa shape index (κ1) is 12.7. The molecule has 0 bridgehead atoms. The molecule has 2 rings (SSSR count). The van der Waals surface area contributed by atoms with Gasteiger partial charge in [0.2, 0.25) is 0 Å². The molecule has 16 heavy (non-hydrogen) atoms. The Labute approximate surface area is 114 Å². The number of halogens is 3. The molecule has 1 fully saturated rings. The van der Waals surface area contributed by atoms with Crippen LogP contribution in [0.15, 0.2) is 18.2 Å². The van der Waals surface area contributed by atoms with Crippen LogP contribution in [0.1, 0.15) is 12.0 Å². The molecule has 1 aliphatic rings. The van der Waals surface area contributed by atoms with E-state index < -0.39 is 0 Å². The fourth-order valence-corrected chi connectivity index (χ4v) is 3.19. The molecule has 1 aromatic carbocycles. The molecule has 1 atom stereocenters. The van der Waals surface area contributed by atoms with Crippen molar-refractivity contribution in [2.45, 2.75) is 12.8 Å². The maximum atomic E-state index is 6.19. The van der Waals surface area contributed by atoms with Crippen LogP contribution in [0, 0.1) is 5.41 Å². The highest BCUT2D eigenvalue weighted by molar-refractivity contribution is 9.09. The van der Waals surface area contributed by atoms with Crippen molar-refractivity contribution >= 4 is 39.1 Å². The maximum Gasteiger partial charge on any atom is 0.0534 e. The van der Waals surface area contributed by atoms with Gasteiger partial charge in [-0.1, -0.05) is 45.2 Å². The molecule has 88 valence electrons. The number of hydrogen-bond donors (Lipinski definition) is 0. The molecule has 1 heterocycles. The minimum Gasteiger partial charge on any atom is -0.381 e. The van der Waals surface area contributed by atoms with Crippen LogP contribution < -0.4 is 0 Å². The summed E-state index contributed by atoms with van der Waals surface area (Å²) in [5.41, 5.74) is 1.19. The second kappa shape index (κ2) is 5.26. The summed E-state index contributed by atoms with van der Waals surface area (Å²) < 4.78 is 5.49. The molecule has 4 heteroatoms. The number of ether oxygens (including phenoxy) is 1. The first-order valence-electron chi connectivity index (χ1n) is 5.23. The second-order valence-electron chi connectivity index (χ2n) is 4.31. The van der Waals surface area contributed by atoms with Crippen LogP contribution in [-0.2, 0) is 11.2 Å². The summed E-state index contributed by atoms with van der Waals surface area (Å²) >= 11 is 15.9. The fourth-order valence-electron chi connectivity index (χ4n) is 2.02. The van der Waals surface area contributed by atoms with E-state index in [-0.39, 0.29) is 5.41 Å². The first-order valence-corrected chi connectivity index (χ1v) is 7.11. The third-order valence-corrected chi connectivity index (χ3v) is 4.98. The average Bonchev–Trinajstić information content (AvgIpc) is 2.73. The van der Waals surface area contributed by atoms with E-state index in [2.05, 4.69) is 15.9 Å². The molecule has 0 spiro atoms. The van der Waals surface area contributed by atoms with Crippen molar-refractivity contribution in [1.82, 2.24) is 0 Å². The van der Waals surface area contributed by atoms with Gasteiger partial charge in [-0.05, 0) is 30.5 Å². The highest BCUT2D eigenvalue weighted by atomic mass is 79.9. The lowest BCUT2D eigenvalue weighted by molar-refractivity contribution is 0.162. The van der Waals surface area contributed by atoms with E-state index in [1.807, 2.05) is 18.2 Å². The van der Waals surface area contributed by atoms with Gasteiger partial charge in [0.25, 0.3) is 0 Å². The summed E-state index contributed by atoms with van der Waals surface area (Å²) in [6.07, 6.45) is 1.93. The zero-order valence-corrected chi connectivity index (χ0v) is 11.9. The summed E-state index contributed by atoms with van der Waals surface area (Å²) in [5.74, 6) is 0. The predicted molar refractivity (Wildman–Crippen MR) is 71.8 cm³/mol. The van der Waals surface area contributed by atoms with Gasteiger partial charge in [0.15, 0.2) is 0 Å². The minimum atomic E-state index is 0.147. The van der Waals surface area contributed by atoms with E-state index in [0.29, 0.717) is 0 Å². The summed E-state index contributed by atoms with van der Waals surface area (Å²) in [6, 6.07) is 5.65. The maximum absolute atomic E-state index is 6.19. The van der Waals surface area contributed by atoms with Gasteiger partial charge < -0.3 is 4.74 Å². The van der Waals surface area contributed by atoms with Gasteiger partial charge in [-0.15, -0.1) is 0 Å². The Balaban J connectivity index is 2.25. The molecule has 1 saturated heterocycles. The minimum absolute atomic E-state index is 0.147. The Bertz CT molecular complexity index is 355. The van der Waals surface area contributed by atoms with Crippen molar-refractivity contribution in [2.24, 2.45) is 5.41 Å². The van der Waals surface area contributed by atoms with Crippen LogP contribution >= 0.6 is 39.1 Å². The largest absolute Gasteiger partial charge is 0.381 e. The molecule has 0 amide bonds. The zero-order chi connectivity index (χ0) is 11.6. The predicted octanol–water partition coefficient (Wildman–Crippen LogP) is 4.34. The van der Waals surface area contributed by atoms with Crippen LogP contribution in [0.3, 0.4) is 0 Å². The molecule has 0 N–H and O–H groups in total. The normalized spacial score (nSPS) is 24.9. The Hall–Kier alpha value is 0.240. The van der Waals surface area contributed by atoms with Crippen LogP contribution in [-0.4, -0.2) is 18.5 Å². The number of alkyl halides is 1.